The zero-order valence-corrected chi connectivity index (χ0v) is 48.3. The van der Waals surface area contributed by atoms with Gasteiger partial charge in [-0.15, -0.1) is 0 Å². The molecule has 416 valence electrons. The molecule has 0 radical (unpaired) electrons. The summed E-state index contributed by atoms with van der Waals surface area (Å²) in [5.41, 5.74) is -1.94. The zero-order chi connectivity index (χ0) is 52.6. The molecule has 0 N–H and O–H groups in total. The van der Waals surface area contributed by atoms with Gasteiger partial charge in [-0.1, -0.05) is 0 Å². The van der Waals surface area contributed by atoms with Crippen LogP contribution in [0, 0.1) is 94.7 Å². The summed E-state index contributed by atoms with van der Waals surface area (Å²) in [6, 6.07) is 11.3. The molecule has 0 aliphatic heterocycles. The SMILES string of the molecule is CC1(OC(=O)COc2ccc([Te]c3ccc(OCC(=O)OC4(C)C5CC6CC(C5)CC4C6)c(OCC(=O)OC4(C)C5CC6CC(C5)CC4C6)c3)c(OCC(=O)OC3(C)C4CC5CC(C4)CC3C5)c2)C2CC3CC(C2)CC1C3. The molecular weight excluding hydrogens is 1090 g/mol. The van der Waals surface area contributed by atoms with Gasteiger partial charge < -0.3 is 0 Å². The third-order valence-corrected chi connectivity index (χ3v) is 26.8. The van der Waals surface area contributed by atoms with Crippen molar-refractivity contribution in [2.75, 3.05) is 26.4 Å². The van der Waals surface area contributed by atoms with Crippen LogP contribution in [0.2, 0.25) is 0 Å². The monoisotopic (exact) mass is 1170 g/mol. The van der Waals surface area contributed by atoms with Crippen molar-refractivity contribution in [3.63, 3.8) is 0 Å². The van der Waals surface area contributed by atoms with E-state index in [1.165, 1.54) is 25.7 Å². The van der Waals surface area contributed by atoms with Gasteiger partial charge in [0.2, 0.25) is 0 Å². The summed E-state index contributed by atoms with van der Waals surface area (Å²) in [5.74, 6) is 9.14. The second-order valence-electron chi connectivity index (χ2n) is 28.3. The quantitative estimate of drug-likeness (QED) is 0.0797. The molecule has 77 heavy (non-hydrogen) atoms. The van der Waals surface area contributed by atoms with Gasteiger partial charge in [-0.3, -0.25) is 0 Å². The predicted molar refractivity (Wildman–Crippen MR) is 286 cm³/mol. The Bertz CT molecular complexity index is 2550. The number of hydrogen-bond acceptors (Lipinski definition) is 12. The summed E-state index contributed by atoms with van der Waals surface area (Å²) in [6.07, 6.45) is 23.3. The Morgan fingerprint density at radius 3 is 1.00 bits per heavy atom. The molecule has 16 saturated carbocycles. The fraction of sp³-hybridized carbons (Fsp3) is 0.750. The topological polar surface area (TPSA) is 142 Å². The summed E-state index contributed by atoms with van der Waals surface area (Å²) in [6.45, 7) is 7.50. The van der Waals surface area contributed by atoms with Gasteiger partial charge in [-0.05, 0) is 12.8 Å². The van der Waals surface area contributed by atoms with Crippen LogP contribution in [0.5, 0.6) is 23.0 Å². The Hall–Kier alpha value is -3.69. The summed E-state index contributed by atoms with van der Waals surface area (Å²) < 4.78 is 52.8. The standard InChI is InChI=1S/C64H82O12Te/c1-61(43-13-35-9-36(15-43)16-44(61)14-35)73-57(65)31-69-51-5-8-56(55(29-51)72-34-60(68)76-64(4)49-25-41-12-42(27-49)28-50(64)26-41)77-52-6-7-53(70-32-58(66)74-62(2)45-17-37-10-38(19-45)20-46(62)18-37)54(30-52)71-33-59(67)75-63(3)47-21-39-11-40(23-47)24-48(63)22-39/h5-8,29-30,35-50H,9-28,31-34H2,1-4H3. The van der Waals surface area contributed by atoms with Crippen molar-refractivity contribution >= 4 is 52.0 Å². The zero-order valence-electron chi connectivity index (χ0n) is 46.0. The van der Waals surface area contributed by atoms with E-state index in [1.54, 1.807) is 6.07 Å². The summed E-state index contributed by atoms with van der Waals surface area (Å²) in [7, 11) is 0. The molecule has 16 aliphatic carbocycles. The van der Waals surface area contributed by atoms with Crippen LogP contribution in [-0.2, 0) is 38.1 Å². The normalized spacial score (nSPS) is 43.5. The van der Waals surface area contributed by atoms with E-state index >= 15 is 0 Å². The molecule has 0 atom stereocenters. The van der Waals surface area contributed by atoms with Gasteiger partial charge in [0, 0.05) is 0 Å². The van der Waals surface area contributed by atoms with Gasteiger partial charge >= 0.3 is 455 Å². The number of ether oxygens (including phenoxy) is 8. The molecule has 16 aliphatic rings. The van der Waals surface area contributed by atoms with Crippen LogP contribution in [0.3, 0.4) is 0 Å². The van der Waals surface area contributed by atoms with Crippen molar-refractivity contribution in [1.82, 2.24) is 0 Å². The van der Waals surface area contributed by atoms with E-state index in [1.807, 2.05) is 30.3 Å². The maximum atomic E-state index is 13.9. The van der Waals surface area contributed by atoms with Crippen LogP contribution >= 0.6 is 0 Å². The Balaban J connectivity index is 0.691. The van der Waals surface area contributed by atoms with E-state index in [-0.39, 0.29) is 38.4 Å². The Morgan fingerprint density at radius 1 is 0.364 bits per heavy atom. The first-order chi connectivity index (χ1) is 37.0. The van der Waals surface area contributed by atoms with Gasteiger partial charge in [-0.2, -0.15) is 0 Å². The molecule has 2 aromatic rings. The molecule has 0 amide bonds. The predicted octanol–water partition coefficient (Wildman–Crippen LogP) is 9.89. The molecule has 0 heterocycles. The molecule has 2 aromatic carbocycles. The molecule has 18 rings (SSSR count). The molecule has 13 heteroatoms. The summed E-state index contributed by atoms with van der Waals surface area (Å²) in [5, 5.41) is 0. The Kier molecular flexibility index (Phi) is 13.0. The van der Waals surface area contributed by atoms with Gasteiger partial charge in [-0.25, -0.2) is 0 Å². The van der Waals surface area contributed by atoms with Crippen LogP contribution in [0.15, 0.2) is 36.4 Å². The van der Waals surface area contributed by atoms with Crippen molar-refractivity contribution in [2.45, 2.75) is 179 Å². The Morgan fingerprint density at radius 2 is 0.662 bits per heavy atom. The van der Waals surface area contributed by atoms with E-state index in [0.717, 1.165) is 157 Å². The molecule has 12 nitrogen and oxygen atoms in total. The number of carbonyl (C=O) groups excluding carboxylic acids is 4. The fourth-order valence-electron chi connectivity index (χ4n) is 20.5. The summed E-state index contributed by atoms with van der Waals surface area (Å²) >= 11 is -1.27. The third-order valence-electron chi connectivity index (χ3n) is 23.8. The van der Waals surface area contributed by atoms with Crippen molar-refractivity contribution in [3.8, 4) is 23.0 Å². The van der Waals surface area contributed by atoms with Crippen LogP contribution in [0.25, 0.3) is 0 Å². The number of hydrogen-bond donors (Lipinski definition) is 0. The minimum absolute atomic E-state index is 0.233. The second kappa shape index (κ2) is 19.5. The van der Waals surface area contributed by atoms with Crippen molar-refractivity contribution in [2.24, 2.45) is 94.7 Å². The fourth-order valence-corrected chi connectivity index (χ4v) is 23.1. The first-order valence-corrected chi connectivity index (χ1v) is 32.7. The third kappa shape index (κ3) is 9.47. The molecule has 16 bridgehead atoms. The molecule has 0 aromatic heterocycles. The van der Waals surface area contributed by atoms with Gasteiger partial charge in [0.1, 0.15) is 0 Å². The van der Waals surface area contributed by atoms with Crippen molar-refractivity contribution in [3.05, 3.63) is 36.4 Å². The minimum atomic E-state index is -1.27. The molecule has 16 fully saturated rings. The van der Waals surface area contributed by atoms with E-state index in [2.05, 4.69) is 27.7 Å². The van der Waals surface area contributed by atoms with Crippen LogP contribution < -0.4 is 26.2 Å². The Labute approximate surface area is 465 Å². The summed E-state index contributed by atoms with van der Waals surface area (Å²) in [4.78, 5) is 55.2. The van der Waals surface area contributed by atoms with Crippen molar-refractivity contribution in [1.29, 1.82) is 0 Å². The van der Waals surface area contributed by atoms with Crippen molar-refractivity contribution < 1.29 is 57.1 Å². The van der Waals surface area contributed by atoms with Crippen LogP contribution in [0.4, 0.5) is 0 Å². The van der Waals surface area contributed by atoms with E-state index < -0.39 is 55.3 Å². The number of carbonyl (C=O) groups is 4. The maximum absolute atomic E-state index is 13.9. The van der Waals surface area contributed by atoms with E-state index in [4.69, 9.17) is 37.9 Å². The van der Waals surface area contributed by atoms with Gasteiger partial charge in [0.25, 0.3) is 0 Å². The number of benzene rings is 2. The first kappa shape index (κ1) is 51.5. The number of esters is 4. The van der Waals surface area contributed by atoms with Crippen LogP contribution in [0.1, 0.15) is 156 Å². The molecular formula is C64H82O12Te. The number of rotatable bonds is 18. The van der Waals surface area contributed by atoms with E-state index in [9.17, 15) is 19.2 Å². The van der Waals surface area contributed by atoms with Gasteiger partial charge in [0.15, 0.2) is 0 Å². The van der Waals surface area contributed by atoms with Crippen LogP contribution in [-0.4, -0.2) is 93.6 Å². The van der Waals surface area contributed by atoms with E-state index in [0.29, 0.717) is 70.3 Å². The average Bonchev–Trinajstić information content (AvgIpc) is 3.45. The second-order valence-corrected chi connectivity index (χ2v) is 31.5. The van der Waals surface area contributed by atoms with Gasteiger partial charge in [0.05, 0.1) is 0 Å². The molecule has 0 unspecified atom stereocenters. The molecule has 0 spiro atoms. The average molecular weight is 1170 g/mol. The molecule has 0 saturated heterocycles. The first-order valence-electron chi connectivity index (χ1n) is 30.4.